The molecule has 10 heteroatoms. The van der Waals surface area contributed by atoms with E-state index < -0.39 is 16.6 Å². The molecule has 7 nitrogen and oxygen atoms in total. The van der Waals surface area contributed by atoms with Crippen LogP contribution in [0, 0.1) is 5.92 Å². The summed E-state index contributed by atoms with van der Waals surface area (Å²) in [6.45, 7) is -2.46. The Balaban J connectivity index is 1.55. The number of amides is 1. The van der Waals surface area contributed by atoms with Crippen LogP contribution < -0.4 is 14.8 Å². The first-order chi connectivity index (χ1) is 14.8. The Labute approximate surface area is 180 Å². The molecule has 1 aliphatic rings. The van der Waals surface area contributed by atoms with E-state index in [1.54, 1.807) is 30.3 Å². The number of para-hydroxylation sites is 1. The number of ether oxygens (including phenoxy) is 2. The predicted molar refractivity (Wildman–Crippen MR) is 109 cm³/mol. The third kappa shape index (κ3) is 5.71. The van der Waals surface area contributed by atoms with Gasteiger partial charge in [-0.25, -0.2) is 8.42 Å². The van der Waals surface area contributed by atoms with Gasteiger partial charge in [-0.1, -0.05) is 18.2 Å². The summed E-state index contributed by atoms with van der Waals surface area (Å²) in [4.78, 5) is 12.7. The number of hydrogen-bond acceptors (Lipinski definition) is 5. The van der Waals surface area contributed by atoms with Crippen molar-refractivity contribution in [1.29, 1.82) is 0 Å². The maximum atomic E-state index is 12.8. The second kappa shape index (κ2) is 10.1. The Morgan fingerprint density at radius 1 is 1.13 bits per heavy atom. The number of methoxy groups -OCH3 is 1. The first-order valence-electron chi connectivity index (χ1n) is 9.76. The van der Waals surface area contributed by atoms with Gasteiger partial charge < -0.3 is 14.8 Å². The fourth-order valence-electron chi connectivity index (χ4n) is 3.44. The lowest BCUT2D eigenvalue weighted by Crippen LogP contribution is -2.42. The average molecular weight is 454 g/mol. The van der Waals surface area contributed by atoms with Gasteiger partial charge in [-0.15, -0.1) is 0 Å². The van der Waals surface area contributed by atoms with Crippen molar-refractivity contribution in [2.45, 2.75) is 30.9 Å². The predicted octanol–water partition coefficient (Wildman–Crippen LogP) is 3.01. The molecule has 0 aromatic heterocycles. The normalized spacial score (nSPS) is 15.6. The number of piperidine rings is 1. The average Bonchev–Trinajstić information content (AvgIpc) is 2.78. The number of benzene rings is 2. The minimum atomic E-state index is -3.65. The second-order valence-electron chi connectivity index (χ2n) is 7.06. The lowest BCUT2D eigenvalue weighted by Gasteiger charge is -2.30. The first-order valence-corrected chi connectivity index (χ1v) is 11.2. The van der Waals surface area contributed by atoms with Gasteiger partial charge in [0.25, 0.3) is 0 Å². The molecule has 0 saturated carbocycles. The van der Waals surface area contributed by atoms with Crippen molar-refractivity contribution >= 4 is 15.9 Å². The molecule has 1 fully saturated rings. The Kier molecular flexibility index (Phi) is 7.45. The molecule has 1 N–H and O–H groups in total. The zero-order valence-corrected chi connectivity index (χ0v) is 17.8. The molecule has 0 unspecified atom stereocenters. The largest absolute Gasteiger partial charge is 0.497 e. The highest BCUT2D eigenvalue weighted by Gasteiger charge is 2.32. The number of carbonyl (C=O) groups excluding carboxylic acids is 1. The van der Waals surface area contributed by atoms with Gasteiger partial charge in [-0.2, -0.15) is 13.1 Å². The van der Waals surface area contributed by atoms with E-state index in [0.29, 0.717) is 24.2 Å². The molecular weight excluding hydrogens is 430 g/mol. The standard InChI is InChI=1S/C21H24F2N2O5S/c1-29-17-6-8-18(9-7-17)31(27,28)25-12-10-15(11-13-25)20(26)24-14-16-4-2-3-5-19(16)30-21(22)23/h2-9,15,21H,10-14H2,1H3,(H,24,26). The summed E-state index contributed by atoms with van der Waals surface area (Å²) in [6, 6.07) is 12.4. The number of carbonyl (C=O) groups is 1. The highest BCUT2D eigenvalue weighted by molar-refractivity contribution is 7.89. The number of alkyl halides is 2. The Hall–Kier alpha value is -2.72. The van der Waals surface area contributed by atoms with E-state index in [1.807, 2.05) is 0 Å². The minimum Gasteiger partial charge on any atom is -0.497 e. The molecule has 0 spiro atoms. The number of rotatable bonds is 8. The van der Waals surface area contributed by atoms with Crippen LogP contribution in [0.4, 0.5) is 8.78 Å². The minimum absolute atomic E-state index is 0.0122. The van der Waals surface area contributed by atoms with E-state index in [2.05, 4.69) is 10.1 Å². The molecule has 1 amide bonds. The van der Waals surface area contributed by atoms with Crippen LogP contribution in [-0.4, -0.2) is 45.4 Å². The van der Waals surface area contributed by atoms with E-state index in [-0.39, 0.29) is 42.1 Å². The Morgan fingerprint density at radius 3 is 2.39 bits per heavy atom. The lowest BCUT2D eigenvalue weighted by atomic mass is 9.97. The molecule has 2 aromatic rings. The maximum absolute atomic E-state index is 12.8. The van der Waals surface area contributed by atoms with Gasteiger partial charge in [0.15, 0.2) is 0 Å². The van der Waals surface area contributed by atoms with Gasteiger partial charge in [-0.3, -0.25) is 4.79 Å². The highest BCUT2D eigenvalue weighted by Crippen LogP contribution is 2.26. The van der Waals surface area contributed by atoms with Crippen LogP contribution in [0.3, 0.4) is 0 Å². The smallest absolute Gasteiger partial charge is 0.387 e. The molecule has 0 atom stereocenters. The molecular formula is C21H24F2N2O5S. The van der Waals surface area contributed by atoms with Crippen LogP contribution in [-0.2, 0) is 21.4 Å². The third-order valence-corrected chi connectivity index (χ3v) is 7.08. The maximum Gasteiger partial charge on any atom is 0.387 e. The molecule has 0 aliphatic carbocycles. The van der Waals surface area contributed by atoms with Gasteiger partial charge >= 0.3 is 6.61 Å². The fourth-order valence-corrected chi connectivity index (χ4v) is 4.91. The molecule has 2 aromatic carbocycles. The van der Waals surface area contributed by atoms with Crippen molar-refractivity contribution in [2.24, 2.45) is 5.92 Å². The summed E-state index contributed by atoms with van der Waals surface area (Å²) in [5.41, 5.74) is 0.440. The van der Waals surface area contributed by atoms with Crippen molar-refractivity contribution < 1.29 is 31.5 Å². The molecule has 1 aliphatic heterocycles. The molecule has 1 saturated heterocycles. The molecule has 3 rings (SSSR count). The number of nitrogens with one attached hydrogen (secondary N) is 1. The van der Waals surface area contributed by atoms with Crippen LogP contribution in [0.25, 0.3) is 0 Å². The molecule has 31 heavy (non-hydrogen) atoms. The van der Waals surface area contributed by atoms with Crippen molar-refractivity contribution in [2.75, 3.05) is 20.2 Å². The quantitative estimate of drug-likeness (QED) is 0.663. The number of nitrogens with zero attached hydrogens (tertiary/aromatic N) is 1. The Bertz CT molecular complexity index is 991. The number of hydrogen-bond donors (Lipinski definition) is 1. The molecule has 1 heterocycles. The van der Waals surface area contributed by atoms with Crippen molar-refractivity contribution in [3.8, 4) is 11.5 Å². The lowest BCUT2D eigenvalue weighted by molar-refractivity contribution is -0.126. The van der Waals surface area contributed by atoms with Crippen LogP contribution in [0.2, 0.25) is 0 Å². The summed E-state index contributed by atoms with van der Waals surface area (Å²) in [5, 5.41) is 2.73. The highest BCUT2D eigenvalue weighted by atomic mass is 32.2. The fraction of sp³-hybridized carbons (Fsp3) is 0.381. The summed E-state index contributed by atoms with van der Waals surface area (Å²) in [5.74, 6) is -0.0214. The summed E-state index contributed by atoms with van der Waals surface area (Å²) < 4.78 is 61.5. The number of sulfonamides is 1. The van der Waals surface area contributed by atoms with Gasteiger partial charge in [0, 0.05) is 31.1 Å². The van der Waals surface area contributed by atoms with Crippen LogP contribution in [0.1, 0.15) is 18.4 Å². The SMILES string of the molecule is COc1ccc(S(=O)(=O)N2CCC(C(=O)NCc3ccccc3OC(F)F)CC2)cc1. The molecule has 0 radical (unpaired) electrons. The van der Waals surface area contributed by atoms with Crippen LogP contribution in [0.5, 0.6) is 11.5 Å². The van der Waals surface area contributed by atoms with Crippen molar-refractivity contribution in [1.82, 2.24) is 9.62 Å². The van der Waals surface area contributed by atoms with E-state index in [4.69, 9.17) is 4.74 Å². The third-order valence-electron chi connectivity index (χ3n) is 5.16. The summed E-state index contributed by atoms with van der Waals surface area (Å²) in [6.07, 6.45) is 0.743. The zero-order chi connectivity index (χ0) is 22.4. The molecule has 0 bridgehead atoms. The van der Waals surface area contributed by atoms with E-state index in [1.165, 1.54) is 29.6 Å². The monoisotopic (exact) mass is 454 g/mol. The second-order valence-corrected chi connectivity index (χ2v) is 9.00. The summed E-state index contributed by atoms with van der Waals surface area (Å²) >= 11 is 0. The van der Waals surface area contributed by atoms with E-state index in [0.717, 1.165) is 0 Å². The van der Waals surface area contributed by atoms with Gasteiger partial charge in [0.1, 0.15) is 11.5 Å². The van der Waals surface area contributed by atoms with Crippen LogP contribution >= 0.6 is 0 Å². The van der Waals surface area contributed by atoms with Crippen molar-refractivity contribution in [3.05, 3.63) is 54.1 Å². The van der Waals surface area contributed by atoms with Gasteiger partial charge in [0.05, 0.1) is 12.0 Å². The Morgan fingerprint density at radius 2 is 1.77 bits per heavy atom. The van der Waals surface area contributed by atoms with Gasteiger partial charge in [-0.05, 0) is 43.2 Å². The molecule has 168 valence electrons. The van der Waals surface area contributed by atoms with Crippen LogP contribution in [0.15, 0.2) is 53.4 Å². The number of halogens is 2. The van der Waals surface area contributed by atoms with Crippen molar-refractivity contribution in [3.63, 3.8) is 0 Å². The first kappa shape index (κ1) is 23.0. The topological polar surface area (TPSA) is 84.9 Å². The summed E-state index contributed by atoms with van der Waals surface area (Å²) in [7, 11) is -2.15. The van der Waals surface area contributed by atoms with E-state index >= 15 is 0 Å². The van der Waals surface area contributed by atoms with E-state index in [9.17, 15) is 22.0 Å². The zero-order valence-electron chi connectivity index (χ0n) is 17.0. The van der Waals surface area contributed by atoms with Gasteiger partial charge in [0.2, 0.25) is 15.9 Å².